The van der Waals surface area contributed by atoms with Crippen molar-refractivity contribution in [2.24, 2.45) is 7.05 Å². The summed E-state index contributed by atoms with van der Waals surface area (Å²) in [4.78, 5) is 4.12. The zero-order valence-electron chi connectivity index (χ0n) is 10.9. The van der Waals surface area contributed by atoms with Crippen LogP contribution in [-0.2, 0) is 23.5 Å². The Labute approximate surface area is 117 Å². The molecule has 7 heteroatoms. The molecule has 2 rings (SSSR count). The highest BCUT2D eigenvalue weighted by Gasteiger charge is 2.17. The van der Waals surface area contributed by atoms with E-state index in [1.807, 2.05) is 17.7 Å². The second kappa shape index (κ2) is 5.86. The van der Waals surface area contributed by atoms with Crippen molar-refractivity contribution in [1.29, 1.82) is 5.26 Å². The Morgan fingerprint density at radius 1 is 1.40 bits per heavy atom. The summed E-state index contributed by atoms with van der Waals surface area (Å²) in [6, 6.07) is 8.00. The van der Waals surface area contributed by atoms with Crippen LogP contribution in [0.15, 0.2) is 41.6 Å². The summed E-state index contributed by atoms with van der Waals surface area (Å²) in [5, 5.41) is 8.94. The first-order valence-electron chi connectivity index (χ1n) is 5.99. The molecule has 0 aliphatic rings. The molecule has 1 aromatic carbocycles. The van der Waals surface area contributed by atoms with Crippen molar-refractivity contribution in [3.05, 3.63) is 48.0 Å². The number of aromatic nitrogens is 2. The molecule has 0 saturated heterocycles. The molecule has 0 aliphatic heterocycles. The van der Waals surface area contributed by atoms with Crippen LogP contribution in [0, 0.1) is 11.3 Å². The number of aryl methyl sites for hydroxylation is 1. The van der Waals surface area contributed by atoms with E-state index in [1.165, 1.54) is 12.1 Å². The van der Waals surface area contributed by atoms with Crippen molar-refractivity contribution in [1.82, 2.24) is 14.3 Å². The van der Waals surface area contributed by atoms with Crippen LogP contribution in [0.4, 0.5) is 0 Å². The largest absolute Gasteiger partial charge is 0.338 e. The fourth-order valence-corrected chi connectivity index (χ4v) is 2.99. The zero-order valence-corrected chi connectivity index (χ0v) is 11.8. The van der Waals surface area contributed by atoms with Gasteiger partial charge in [0.1, 0.15) is 11.9 Å². The van der Waals surface area contributed by atoms with E-state index in [9.17, 15) is 8.42 Å². The minimum Gasteiger partial charge on any atom is -0.338 e. The first-order chi connectivity index (χ1) is 9.54. The van der Waals surface area contributed by atoms with Crippen molar-refractivity contribution < 1.29 is 8.42 Å². The number of nitrogens with one attached hydrogen (secondary N) is 1. The van der Waals surface area contributed by atoms with Gasteiger partial charge in [0.15, 0.2) is 0 Å². The van der Waals surface area contributed by atoms with Gasteiger partial charge < -0.3 is 4.57 Å². The molecule has 1 aromatic heterocycles. The number of hydrogen-bond acceptors (Lipinski definition) is 4. The second-order valence-corrected chi connectivity index (χ2v) is 5.95. The molecule has 1 N–H and O–H groups in total. The lowest BCUT2D eigenvalue weighted by Gasteiger charge is -2.08. The third-order valence-electron chi connectivity index (χ3n) is 2.86. The highest BCUT2D eigenvalue weighted by atomic mass is 32.2. The molecule has 1 heterocycles. The maximum Gasteiger partial charge on any atom is 0.241 e. The van der Waals surface area contributed by atoms with Crippen LogP contribution in [0.1, 0.15) is 11.4 Å². The summed E-state index contributed by atoms with van der Waals surface area (Å²) in [6.45, 7) is 0.229. The van der Waals surface area contributed by atoms with Crippen molar-refractivity contribution in [3.8, 4) is 6.07 Å². The lowest BCUT2D eigenvalue weighted by Crippen LogP contribution is -2.27. The van der Waals surface area contributed by atoms with E-state index in [2.05, 4.69) is 9.71 Å². The molecule has 0 unspecified atom stereocenters. The molecular weight excluding hydrogens is 276 g/mol. The van der Waals surface area contributed by atoms with Gasteiger partial charge in [0, 0.05) is 32.4 Å². The fraction of sp³-hybridized carbons (Fsp3) is 0.231. The van der Waals surface area contributed by atoms with Gasteiger partial charge in [-0.15, -0.1) is 0 Å². The monoisotopic (exact) mass is 290 g/mol. The lowest BCUT2D eigenvalue weighted by molar-refractivity contribution is 0.580. The Bertz CT molecular complexity index is 744. The molecule has 0 bridgehead atoms. The molecule has 0 radical (unpaired) electrons. The molecule has 0 aliphatic carbocycles. The smallest absolute Gasteiger partial charge is 0.241 e. The lowest BCUT2D eigenvalue weighted by atomic mass is 10.2. The molecule has 0 saturated carbocycles. The number of hydrogen-bond donors (Lipinski definition) is 1. The van der Waals surface area contributed by atoms with E-state index in [-0.39, 0.29) is 17.0 Å². The Kier molecular flexibility index (Phi) is 4.17. The summed E-state index contributed by atoms with van der Waals surface area (Å²) in [5.74, 6) is 0.793. The van der Waals surface area contributed by atoms with Crippen molar-refractivity contribution >= 4 is 10.0 Å². The van der Waals surface area contributed by atoms with Gasteiger partial charge in [0.25, 0.3) is 0 Å². The van der Waals surface area contributed by atoms with E-state index >= 15 is 0 Å². The van der Waals surface area contributed by atoms with Crippen LogP contribution in [0.5, 0.6) is 0 Å². The van der Waals surface area contributed by atoms with E-state index in [0.717, 1.165) is 5.82 Å². The number of benzene rings is 1. The number of sulfonamides is 1. The summed E-state index contributed by atoms with van der Waals surface area (Å²) >= 11 is 0. The maximum absolute atomic E-state index is 12.1. The minimum atomic E-state index is -3.68. The number of nitrogens with zero attached hydrogens (tertiary/aromatic N) is 3. The fourth-order valence-electron chi connectivity index (χ4n) is 1.81. The molecule has 104 valence electrons. The molecule has 20 heavy (non-hydrogen) atoms. The van der Waals surface area contributed by atoms with Gasteiger partial charge in [0.2, 0.25) is 10.0 Å². The topological polar surface area (TPSA) is 87.8 Å². The maximum atomic E-state index is 12.1. The van der Waals surface area contributed by atoms with Gasteiger partial charge in [0.05, 0.1) is 10.5 Å². The molecule has 0 fully saturated rings. The molecular formula is C13H14N4O2S. The predicted molar refractivity (Wildman–Crippen MR) is 73.3 cm³/mol. The number of imidazole rings is 1. The molecule has 0 amide bonds. The third kappa shape index (κ3) is 3.04. The van der Waals surface area contributed by atoms with Gasteiger partial charge in [-0.05, 0) is 12.1 Å². The average Bonchev–Trinajstić information content (AvgIpc) is 2.84. The number of nitriles is 1. The first-order valence-corrected chi connectivity index (χ1v) is 7.48. The zero-order chi connectivity index (χ0) is 14.6. The highest BCUT2D eigenvalue weighted by Crippen LogP contribution is 2.13. The van der Waals surface area contributed by atoms with Gasteiger partial charge >= 0.3 is 0 Å². The molecule has 0 atom stereocenters. The van der Waals surface area contributed by atoms with Crippen LogP contribution in [-0.4, -0.2) is 24.5 Å². The first kappa shape index (κ1) is 14.2. The van der Waals surface area contributed by atoms with Gasteiger partial charge in [-0.3, -0.25) is 0 Å². The Morgan fingerprint density at radius 3 is 2.80 bits per heavy atom. The Morgan fingerprint density at radius 2 is 2.15 bits per heavy atom. The Hall–Kier alpha value is -2.17. The highest BCUT2D eigenvalue weighted by molar-refractivity contribution is 7.89. The summed E-state index contributed by atoms with van der Waals surface area (Å²) < 4.78 is 28.6. The van der Waals surface area contributed by atoms with Crippen LogP contribution >= 0.6 is 0 Å². The standard InChI is InChI=1S/C13H14N4O2S/c1-17-9-8-15-13(17)6-7-16-20(18,19)12-5-3-2-4-11(12)10-14/h2-5,8-9,16H,6-7H2,1H3. The summed E-state index contributed by atoms with van der Waals surface area (Å²) in [7, 11) is -1.83. The van der Waals surface area contributed by atoms with E-state index < -0.39 is 10.0 Å². The second-order valence-electron chi connectivity index (χ2n) is 4.21. The molecule has 2 aromatic rings. The van der Waals surface area contributed by atoms with Crippen LogP contribution in [0.2, 0.25) is 0 Å². The molecule has 0 spiro atoms. The quantitative estimate of drug-likeness (QED) is 0.882. The van der Waals surface area contributed by atoms with Crippen molar-refractivity contribution in [2.45, 2.75) is 11.3 Å². The normalized spacial score (nSPS) is 11.2. The predicted octanol–water partition coefficient (Wildman–Crippen LogP) is 0.813. The summed E-state index contributed by atoms with van der Waals surface area (Å²) in [6.07, 6.45) is 3.95. The SMILES string of the molecule is Cn1ccnc1CCNS(=O)(=O)c1ccccc1C#N. The van der Waals surface area contributed by atoms with Gasteiger partial charge in [-0.1, -0.05) is 12.1 Å². The van der Waals surface area contributed by atoms with Crippen LogP contribution < -0.4 is 4.72 Å². The number of rotatable bonds is 5. The van der Waals surface area contributed by atoms with Crippen LogP contribution in [0.25, 0.3) is 0 Å². The van der Waals surface area contributed by atoms with Crippen molar-refractivity contribution in [2.75, 3.05) is 6.54 Å². The van der Waals surface area contributed by atoms with E-state index in [1.54, 1.807) is 24.5 Å². The van der Waals surface area contributed by atoms with E-state index in [4.69, 9.17) is 5.26 Å². The average molecular weight is 290 g/mol. The minimum absolute atomic E-state index is 0.00217. The van der Waals surface area contributed by atoms with Gasteiger partial charge in [-0.25, -0.2) is 18.1 Å². The third-order valence-corrected chi connectivity index (χ3v) is 4.38. The summed E-state index contributed by atoms with van der Waals surface area (Å²) in [5.41, 5.74) is 0.136. The Balaban J connectivity index is 2.09. The van der Waals surface area contributed by atoms with Crippen molar-refractivity contribution in [3.63, 3.8) is 0 Å². The molecule has 6 nitrogen and oxygen atoms in total. The van der Waals surface area contributed by atoms with E-state index in [0.29, 0.717) is 6.42 Å². The van der Waals surface area contributed by atoms with Gasteiger partial charge in [-0.2, -0.15) is 5.26 Å². The van der Waals surface area contributed by atoms with Crippen LogP contribution in [0.3, 0.4) is 0 Å².